The second-order valence-corrected chi connectivity index (χ2v) is 5.23. The van der Waals surface area contributed by atoms with Crippen molar-refractivity contribution in [3.05, 3.63) is 71.3 Å². The van der Waals surface area contributed by atoms with Gasteiger partial charge in [-0.05, 0) is 49.1 Å². The van der Waals surface area contributed by atoms with E-state index in [9.17, 15) is 8.78 Å². The fraction of sp³-hybridized carbons (Fsp3) is 0.333. The minimum Gasteiger partial charge on any atom is -0.310 e. The first-order chi connectivity index (χ1) is 10.2. The molecule has 0 radical (unpaired) electrons. The summed E-state index contributed by atoms with van der Waals surface area (Å²) in [5, 5.41) is 3.50. The van der Waals surface area contributed by atoms with Crippen LogP contribution in [0.1, 0.15) is 36.9 Å². The summed E-state index contributed by atoms with van der Waals surface area (Å²) in [6.07, 6.45) is 2.51. The Morgan fingerprint density at radius 3 is 2.29 bits per heavy atom. The normalized spacial score (nSPS) is 12.3. The molecule has 1 N–H and O–H groups in total. The molecule has 0 heterocycles. The van der Waals surface area contributed by atoms with Crippen LogP contribution in [-0.4, -0.2) is 6.54 Å². The molecule has 0 aliphatic heterocycles. The van der Waals surface area contributed by atoms with Gasteiger partial charge in [0, 0.05) is 12.1 Å². The lowest BCUT2D eigenvalue weighted by atomic mass is 9.98. The van der Waals surface area contributed by atoms with Crippen LogP contribution in [0.25, 0.3) is 0 Å². The van der Waals surface area contributed by atoms with Gasteiger partial charge in [-0.1, -0.05) is 37.3 Å². The molecule has 3 heteroatoms. The number of halogens is 2. The van der Waals surface area contributed by atoms with Crippen LogP contribution in [0.3, 0.4) is 0 Å². The average Bonchev–Trinajstić information content (AvgIpc) is 2.47. The molecule has 1 atom stereocenters. The Morgan fingerprint density at radius 1 is 1.00 bits per heavy atom. The fourth-order valence-corrected chi connectivity index (χ4v) is 2.46. The molecule has 0 saturated carbocycles. The van der Waals surface area contributed by atoms with Crippen LogP contribution in [0, 0.1) is 11.6 Å². The number of hydrogen-bond acceptors (Lipinski definition) is 1. The van der Waals surface area contributed by atoms with Crippen molar-refractivity contribution in [3.63, 3.8) is 0 Å². The maximum Gasteiger partial charge on any atom is 0.126 e. The zero-order chi connectivity index (χ0) is 15.1. The molecule has 0 amide bonds. The minimum atomic E-state index is -0.511. The third kappa shape index (κ3) is 4.94. The predicted molar refractivity (Wildman–Crippen MR) is 82.2 cm³/mol. The van der Waals surface area contributed by atoms with Crippen molar-refractivity contribution in [2.45, 2.75) is 32.2 Å². The molecule has 1 unspecified atom stereocenters. The van der Waals surface area contributed by atoms with Crippen molar-refractivity contribution in [1.29, 1.82) is 0 Å². The standard InChI is InChI=1S/C18H21F2N/c1-2-10-21-18(15-6-4-3-5-7-15)9-8-14-11-16(19)13-17(20)12-14/h3-7,11-13,18,21H,2,8-10H2,1H3. The maximum absolute atomic E-state index is 13.2. The van der Waals surface area contributed by atoms with Crippen molar-refractivity contribution in [3.8, 4) is 0 Å². The smallest absolute Gasteiger partial charge is 0.126 e. The second-order valence-electron chi connectivity index (χ2n) is 5.23. The van der Waals surface area contributed by atoms with Crippen molar-refractivity contribution in [2.75, 3.05) is 6.54 Å². The third-order valence-corrected chi connectivity index (χ3v) is 3.49. The fourth-order valence-electron chi connectivity index (χ4n) is 2.46. The Kier molecular flexibility index (Phi) is 5.88. The quantitative estimate of drug-likeness (QED) is 0.783. The summed E-state index contributed by atoms with van der Waals surface area (Å²) < 4.78 is 26.4. The van der Waals surface area contributed by atoms with Crippen LogP contribution in [0.5, 0.6) is 0 Å². The molecule has 0 aliphatic carbocycles. The van der Waals surface area contributed by atoms with E-state index in [0.29, 0.717) is 12.0 Å². The molecule has 0 aliphatic rings. The Morgan fingerprint density at radius 2 is 1.67 bits per heavy atom. The molecular weight excluding hydrogens is 268 g/mol. The Hall–Kier alpha value is -1.74. The lowest BCUT2D eigenvalue weighted by Crippen LogP contribution is -2.22. The first-order valence-corrected chi connectivity index (χ1v) is 7.42. The lowest BCUT2D eigenvalue weighted by molar-refractivity contribution is 0.497. The molecular formula is C18H21F2N. The highest BCUT2D eigenvalue weighted by Crippen LogP contribution is 2.20. The van der Waals surface area contributed by atoms with Crippen LogP contribution in [0.15, 0.2) is 48.5 Å². The molecule has 0 bridgehead atoms. The zero-order valence-electron chi connectivity index (χ0n) is 12.3. The summed E-state index contributed by atoms with van der Waals surface area (Å²) in [4.78, 5) is 0. The van der Waals surface area contributed by atoms with E-state index < -0.39 is 11.6 Å². The van der Waals surface area contributed by atoms with E-state index in [0.717, 1.165) is 25.5 Å². The van der Waals surface area contributed by atoms with Gasteiger partial charge in [0.15, 0.2) is 0 Å². The van der Waals surface area contributed by atoms with Gasteiger partial charge in [0.05, 0.1) is 0 Å². The summed E-state index contributed by atoms with van der Waals surface area (Å²) in [7, 11) is 0. The molecule has 2 aromatic rings. The molecule has 0 saturated heterocycles. The average molecular weight is 289 g/mol. The molecule has 0 spiro atoms. The summed E-state index contributed by atoms with van der Waals surface area (Å²) in [5.74, 6) is -1.02. The lowest BCUT2D eigenvalue weighted by Gasteiger charge is -2.19. The minimum absolute atomic E-state index is 0.206. The molecule has 0 aromatic heterocycles. The first-order valence-electron chi connectivity index (χ1n) is 7.42. The number of aryl methyl sites for hydroxylation is 1. The third-order valence-electron chi connectivity index (χ3n) is 3.49. The first kappa shape index (κ1) is 15.6. The van der Waals surface area contributed by atoms with E-state index in [2.05, 4.69) is 24.4 Å². The van der Waals surface area contributed by atoms with E-state index in [1.807, 2.05) is 18.2 Å². The summed E-state index contributed by atoms with van der Waals surface area (Å²) in [6, 6.07) is 14.1. The van der Waals surface area contributed by atoms with Gasteiger partial charge in [-0.15, -0.1) is 0 Å². The van der Waals surface area contributed by atoms with Gasteiger partial charge in [-0.25, -0.2) is 8.78 Å². The zero-order valence-corrected chi connectivity index (χ0v) is 12.3. The Balaban J connectivity index is 2.05. The number of nitrogens with one attached hydrogen (secondary N) is 1. The monoisotopic (exact) mass is 289 g/mol. The molecule has 112 valence electrons. The van der Waals surface area contributed by atoms with Gasteiger partial charge < -0.3 is 5.32 Å². The van der Waals surface area contributed by atoms with Crippen LogP contribution in [0.4, 0.5) is 8.78 Å². The topological polar surface area (TPSA) is 12.0 Å². The van der Waals surface area contributed by atoms with Crippen LogP contribution in [0.2, 0.25) is 0 Å². The van der Waals surface area contributed by atoms with Crippen LogP contribution >= 0.6 is 0 Å². The van der Waals surface area contributed by atoms with E-state index >= 15 is 0 Å². The molecule has 0 fully saturated rings. The molecule has 2 rings (SSSR count). The van der Waals surface area contributed by atoms with Gasteiger partial charge in [0.1, 0.15) is 11.6 Å². The van der Waals surface area contributed by atoms with Crippen LogP contribution in [-0.2, 0) is 6.42 Å². The predicted octanol–water partition coefficient (Wildman–Crippen LogP) is 4.64. The van der Waals surface area contributed by atoms with Crippen molar-refractivity contribution >= 4 is 0 Å². The van der Waals surface area contributed by atoms with Crippen molar-refractivity contribution < 1.29 is 8.78 Å². The van der Waals surface area contributed by atoms with E-state index in [4.69, 9.17) is 0 Å². The molecule has 2 aromatic carbocycles. The highest BCUT2D eigenvalue weighted by molar-refractivity contribution is 5.21. The summed E-state index contributed by atoms with van der Waals surface area (Å²) in [6.45, 7) is 3.05. The van der Waals surface area contributed by atoms with Gasteiger partial charge in [-0.2, -0.15) is 0 Å². The van der Waals surface area contributed by atoms with E-state index in [1.54, 1.807) is 0 Å². The van der Waals surface area contributed by atoms with Gasteiger partial charge in [-0.3, -0.25) is 0 Å². The second kappa shape index (κ2) is 7.89. The SMILES string of the molecule is CCCNC(CCc1cc(F)cc(F)c1)c1ccccc1. The van der Waals surface area contributed by atoms with E-state index in [-0.39, 0.29) is 6.04 Å². The number of benzene rings is 2. The Bertz CT molecular complexity index is 534. The Labute approximate surface area is 125 Å². The van der Waals surface area contributed by atoms with E-state index in [1.165, 1.54) is 17.7 Å². The summed E-state index contributed by atoms with van der Waals surface area (Å²) in [5.41, 5.74) is 1.91. The number of rotatable bonds is 7. The van der Waals surface area contributed by atoms with Crippen LogP contribution < -0.4 is 5.32 Å². The van der Waals surface area contributed by atoms with Crippen molar-refractivity contribution in [1.82, 2.24) is 5.32 Å². The molecule has 21 heavy (non-hydrogen) atoms. The highest BCUT2D eigenvalue weighted by Gasteiger charge is 2.11. The van der Waals surface area contributed by atoms with Gasteiger partial charge in [0.25, 0.3) is 0 Å². The highest BCUT2D eigenvalue weighted by atomic mass is 19.1. The van der Waals surface area contributed by atoms with Crippen molar-refractivity contribution in [2.24, 2.45) is 0 Å². The summed E-state index contributed by atoms with van der Waals surface area (Å²) >= 11 is 0. The maximum atomic E-state index is 13.2. The molecule has 1 nitrogen and oxygen atoms in total. The van der Waals surface area contributed by atoms with Gasteiger partial charge >= 0.3 is 0 Å². The number of hydrogen-bond donors (Lipinski definition) is 1. The van der Waals surface area contributed by atoms with Gasteiger partial charge in [0.2, 0.25) is 0 Å². The largest absolute Gasteiger partial charge is 0.310 e.